The molecule has 4 nitrogen and oxygen atoms in total. The van der Waals surface area contributed by atoms with E-state index in [-0.39, 0.29) is 6.61 Å². The summed E-state index contributed by atoms with van der Waals surface area (Å²) < 4.78 is 1.85. The molecule has 0 amide bonds. The highest BCUT2D eigenvalue weighted by atomic mass is 35.5. The van der Waals surface area contributed by atoms with Crippen LogP contribution in [-0.2, 0) is 19.6 Å². The topological polar surface area (TPSA) is 41.3 Å². The molecule has 0 radical (unpaired) electrons. The van der Waals surface area contributed by atoms with Gasteiger partial charge in [-0.2, -0.15) is 5.10 Å². The summed E-state index contributed by atoms with van der Waals surface area (Å²) >= 11 is 12.3. The van der Waals surface area contributed by atoms with Gasteiger partial charge >= 0.3 is 0 Å². The molecule has 1 heterocycles. The number of hydrogen-bond acceptors (Lipinski definition) is 3. The molecule has 0 bridgehead atoms. The van der Waals surface area contributed by atoms with Gasteiger partial charge in [-0.05, 0) is 32.5 Å². The molecule has 2 aromatic rings. The Labute approximate surface area is 141 Å². The number of benzene rings is 1. The predicted octanol–water partition coefficient (Wildman–Crippen LogP) is 3.43. The zero-order valence-electron chi connectivity index (χ0n) is 13.1. The van der Waals surface area contributed by atoms with Crippen LogP contribution in [0, 0.1) is 13.8 Å². The smallest absolute Gasteiger partial charge is 0.0644 e. The summed E-state index contributed by atoms with van der Waals surface area (Å²) in [5.41, 5.74) is 4.29. The largest absolute Gasteiger partial charge is 0.394 e. The van der Waals surface area contributed by atoms with Crippen molar-refractivity contribution in [3.63, 3.8) is 0 Å². The fraction of sp³-hybridized carbons (Fsp3) is 0.438. The van der Waals surface area contributed by atoms with E-state index in [1.54, 1.807) is 6.07 Å². The van der Waals surface area contributed by atoms with E-state index in [0.717, 1.165) is 23.5 Å². The Balaban J connectivity index is 2.12. The Morgan fingerprint density at radius 3 is 2.64 bits per heavy atom. The SMILES string of the molecule is Cc1nn(CCO)c(C)c1CN(C)Cc1cccc(Cl)c1Cl. The number of aromatic nitrogens is 2. The Morgan fingerprint density at radius 2 is 1.95 bits per heavy atom. The van der Waals surface area contributed by atoms with Crippen LogP contribution in [0.3, 0.4) is 0 Å². The standard InChI is InChI=1S/C16H21Cl2N3O/c1-11-14(12(2)21(19-11)7-8-22)10-20(3)9-13-5-4-6-15(17)16(13)18/h4-6,22H,7-10H2,1-3H3. The van der Waals surface area contributed by atoms with Gasteiger partial charge in [0.2, 0.25) is 0 Å². The minimum absolute atomic E-state index is 0.0926. The lowest BCUT2D eigenvalue weighted by molar-refractivity contribution is 0.267. The molecular weight excluding hydrogens is 321 g/mol. The van der Waals surface area contributed by atoms with E-state index in [2.05, 4.69) is 10.00 Å². The lowest BCUT2D eigenvalue weighted by Gasteiger charge is -2.18. The van der Waals surface area contributed by atoms with E-state index in [0.29, 0.717) is 23.1 Å². The first kappa shape index (κ1) is 17.3. The van der Waals surface area contributed by atoms with Crippen LogP contribution in [0.2, 0.25) is 10.0 Å². The molecule has 0 atom stereocenters. The van der Waals surface area contributed by atoms with Gasteiger partial charge < -0.3 is 5.11 Å². The number of aryl methyl sites for hydroxylation is 1. The monoisotopic (exact) mass is 341 g/mol. The average molecular weight is 342 g/mol. The highest BCUT2D eigenvalue weighted by molar-refractivity contribution is 6.42. The molecule has 6 heteroatoms. The number of halogens is 2. The third kappa shape index (κ3) is 3.82. The average Bonchev–Trinajstić information content (AvgIpc) is 2.72. The van der Waals surface area contributed by atoms with Crippen molar-refractivity contribution in [3.05, 3.63) is 50.8 Å². The quantitative estimate of drug-likeness (QED) is 0.874. The summed E-state index contributed by atoms with van der Waals surface area (Å²) in [5, 5.41) is 14.7. The van der Waals surface area contributed by atoms with Gasteiger partial charge in [-0.15, -0.1) is 0 Å². The first-order valence-corrected chi connectivity index (χ1v) is 7.94. The summed E-state index contributed by atoms with van der Waals surface area (Å²) in [5.74, 6) is 0. The van der Waals surface area contributed by atoms with Crippen LogP contribution in [0.1, 0.15) is 22.5 Å². The molecule has 1 aromatic carbocycles. The minimum Gasteiger partial charge on any atom is -0.394 e. The van der Waals surface area contributed by atoms with Crippen LogP contribution < -0.4 is 0 Å². The predicted molar refractivity (Wildman–Crippen MR) is 90.4 cm³/mol. The first-order chi connectivity index (χ1) is 10.4. The molecule has 0 aliphatic carbocycles. The van der Waals surface area contributed by atoms with Crippen molar-refractivity contribution in [3.8, 4) is 0 Å². The third-order valence-electron chi connectivity index (χ3n) is 3.74. The lowest BCUT2D eigenvalue weighted by Crippen LogP contribution is -2.18. The number of aliphatic hydroxyl groups is 1. The van der Waals surface area contributed by atoms with Crippen LogP contribution in [0.4, 0.5) is 0 Å². The molecule has 2 rings (SSSR count). The number of nitrogens with zero attached hydrogens (tertiary/aromatic N) is 3. The molecule has 1 N–H and O–H groups in total. The second-order valence-corrected chi connectivity index (χ2v) is 6.27. The van der Waals surface area contributed by atoms with Gasteiger partial charge in [0.05, 0.1) is 28.9 Å². The van der Waals surface area contributed by atoms with Gasteiger partial charge in [0.1, 0.15) is 0 Å². The highest BCUT2D eigenvalue weighted by Gasteiger charge is 2.14. The van der Waals surface area contributed by atoms with Gasteiger partial charge in [-0.25, -0.2) is 0 Å². The first-order valence-electron chi connectivity index (χ1n) is 7.19. The zero-order chi connectivity index (χ0) is 16.3. The molecular formula is C16H21Cl2N3O. The second-order valence-electron chi connectivity index (χ2n) is 5.48. The summed E-state index contributed by atoms with van der Waals surface area (Å²) in [6.07, 6.45) is 0. The van der Waals surface area contributed by atoms with Crippen molar-refractivity contribution in [1.82, 2.24) is 14.7 Å². The number of aliphatic hydroxyl groups excluding tert-OH is 1. The Bertz CT molecular complexity index is 655. The molecule has 0 aliphatic rings. The molecule has 0 saturated heterocycles. The summed E-state index contributed by atoms with van der Waals surface area (Å²) in [4.78, 5) is 2.18. The number of rotatable bonds is 6. The summed E-state index contributed by atoms with van der Waals surface area (Å²) in [7, 11) is 2.04. The zero-order valence-corrected chi connectivity index (χ0v) is 14.6. The summed E-state index contributed by atoms with van der Waals surface area (Å²) in [6.45, 7) is 6.13. The van der Waals surface area contributed by atoms with Gasteiger partial charge in [0, 0.05) is 24.3 Å². The lowest BCUT2D eigenvalue weighted by atomic mass is 10.1. The maximum absolute atomic E-state index is 9.08. The van der Waals surface area contributed by atoms with Crippen LogP contribution in [0.15, 0.2) is 18.2 Å². The van der Waals surface area contributed by atoms with E-state index in [4.69, 9.17) is 28.3 Å². The van der Waals surface area contributed by atoms with Gasteiger partial charge in [0.15, 0.2) is 0 Å². The van der Waals surface area contributed by atoms with Crippen molar-refractivity contribution >= 4 is 23.2 Å². The molecule has 0 aliphatic heterocycles. The van der Waals surface area contributed by atoms with E-state index in [1.165, 1.54) is 5.56 Å². The minimum atomic E-state index is 0.0926. The maximum atomic E-state index is 9.08. The second kappa shape index (κ2) is 7.47. The van der Waals surface area contributed by atoms with Crippen LogP contribution >= 0.6 is 23.2 Å². The molecule has 0 unspecified atom stereocenters. The fourth-order valence-electron chi connectivity index (χ4n) is 2.56. The normalized spacial score (nSPS) is 11.4. The van der Waals surface area contributed by atoms with E-state index in [9.17, 15) is 0 Å². The molecule has 0 fully saturated rings. The van der Waals surface area contributed by atoms with E-state index < -0.39 is 0 Å². The summed E-state index contributed by atoms with van der Waals surface area (Å²) in [6, 6.07) is 5.69. The Morgan fingerprint density at radius 1 is 1.23 bits per heavy atom. The van der Waals surface area contributed by atoms with Crippen LogP contribution in [0.5, 0.6) is 0 Å². The van der Waals surface area contributed by atoms with Gasteiger partial charge in [-0.1, -0.05) is 35.3 Å². The van der Waals surface area contributed by atoms with Crippen molar-refractivity contribution in [2.45, 2.75) is 33.5 Å². The van der Waals surface area contributed by atoms with E-state index in [1.807, 2.05) is 37.7 Å². The highest BCUT2D eigenvalue weighted by Crippen LogP contribution is 2.27. The maximum Gasteiger partial charge on any atom is 0.0644 e. The molecule has 22 heavy (non-hydrogen) atoms. The molecule has 0 spiro atoms. The Hall–Kier alpha value is -1.07. The molecule has 120 valence electrons. The molecule has 0 saturated carbocycles. The van der Waals surface area contributed by atoms with Crippen molar-refractivity contribution < 1.29 is 5.11 Å². The van der Waals surface area contributed by atoms with Crippen LogP contribution in [0.25, 0.3) is 0 Å². The van der Waals surface area contributed by atoms with Gasteiger partial charge in [-0.3, -0.25) is 9.58 Å². The van der Waals surface area contributed by atoms with Gasteiger partial charge in [0.25, 0.3) is 0 Å². The molecule has 1 aromatic heterocycles. The van der Waals surface area contributed by atoms with Crippen molar-refractivity contribution in [2.24, 2.45) is 0 Å². The van der Waals surface area contributed by atoms with Crippen LogP contribution in [-0.4, -0.2) is 33.4 Å². The van der Waals surface area contributed by atoms with Crippen molar-refractivity contribution in [1.29, 1.82) is 0 Å². The number of hydrogen-bond donors (Lipinski definition) is 1. The van der Waals surface area contributed by atoms with Crippen molar-refractivity contribution in [2.75, 3.05) is 13.7 Å². The van der Waals surface area contributed by atoms with E-state index >= 15 is 0 Å². The fourth-order valence-corrected chi connectivity index (χ4v) is 2.94. The Kier molecular flexibility index (Phi) is 5.87. The third-order valence-corrected chi connectivity index (χ3v) is 4.60.